The van der Waals surface area contributed by atoms with Crippen LogP contribution in [0.4, 0.5) is 5.69 Å². The van der Waals surface area contributed by atoms with Crippen molar-refractivity contribution in [1.29, 1.82) is 0 Å². The van der Waals surface area contributed by atoms with Gasteiger partial charge in [0, 0.05) is 24.3 Å². The molecule has 2 N–H and O–H groups in total. The minimum Gasteiger partial charge on any atom is -0.384 e. The maximum Gasteiger partial charge on any atom is 0.130 e. The normalized spacial score (nSPS) is 19.1. The zero-order valence-corrected chi connectivity index (χ0v) is 9.37. The number of anilines is 1. The first-order chi connectivity index (χ1) is 7.93. The lowest BCUT2D eigenvalue weighted by atomic mass is 10.1. The summed E-state index contributed by atoms with van der Waals surface area (Å²) in [6, 6.07) is 8.42. The Balaban J connectivity index is 1.78. The van der Waals surface area contributed by atoms with E-state index in [0.717, 1.165) is 31.4 Å². The van der Waals surface area contributed by atoms with Gasteiger partial charge in [0.15, 0.2) is 0 Å². The zero-order valence-electron chi connectivity index (χ0n) is 9.37. The summed E-state index contributed by atoms with van der Waals surface area (Å²) in [6.45, 7) is 2.96. The van der Waals surface area contributed by atoms with Crippen molar-refractivity contribution in [1.82, 2.24) is 5.32 Å². The maximum absolute atomic E-state index is 4.47. The number of nitrogens with zero attached hydrogens (tertiary/aromatic N) is 1. The Morgan fingerprint density at radius 1 is 1.31 bits per heavy atom. The molecule has 2 aliphatic rings. The minimum absolute atomic E-state index is 0.895. The van der Waals surface area contributed by atoms with Gasteiger partial charge in [-0.25, -0.2) is 0 Å². The summed E-state index contributed by atoms with van der Waals surface area (Å²) in [6.07, 6.45) is 2.77. The van der Waals surface area contributed by atoms with Crippen LogP contribution < -0.4 is 10.6 Å². The molecule has 1 aromatic carbocycles. The van der Waals surface area contributed by atoms with Gasteiger partial charge in [0.25, 0.3) is 0 Å². The van der Waals surface area contributed by atoms with Gasteiger partial charge >= 0.3 is 0 Å². The Bertz CT molecular complexity index is 407. The lowest BCUT2D eigenvalue weighted by Gasteiger charge is -2.11. The standard InChI is InChI=1S/C13H17N3/c1-2-4-12(16-9-10-5-6-10)11(3-1)13-14-7-8-15-13/h1-4,10,16H,5-9H2,(H,14,15). The minimum atomic E-state index is 0.895. The Kier molecular flexibility index (Phi) is 2.52. The van der Waals surface area contributed by atoms with E-state index in [9.17, 15) is 0 Å². The fraction of sp³-hybridized carbons (Fsp3) is 0.462. The van der Waals surface area contributed by atoms with Gasteiger partial charge in [0.2, 0.25) is 0 Å². The molecule has 1 heterocycles. The lowest BCUT2D eigenvalue weighted by molar-refractivity contribution is 0.888. The van der Waals surface area contributed by atoms with Crippen LogP contribution in [0.25, 0.3) is 0 Å². The van der Waals surface area contributed by atoms with Crippen LogP contribution in [0.1, 0.15) is 18.4 Å². The highest BCUT2D eigenvalue weighted by Crippen LogP contribution is 2.29. The summed E-state index contributed by atoms with van der Waals surface area (Å²) in [5.41, 5.74) is 2.42. The van der Waals surface area contributed by atoms with E-state index in [1.807, 2.05) is 0 Å². The van der Waals surface area contributed by atoms with Gasteiger partial charge in [-0.15, -0.1) is 0 Å². The highest BCUT2D eigenvalue weighted by Gasteiger charge is 2.21. The van der Waals surface area contributed by atoms with Gasteiger partial charge in [-0.05, 0) is 30.9 Å². The topological polar surface area (TPSA) is 36.4 Å². The van der Waals surface area contributed by atoms with Crippen LogP contribution in [0.15, 0.2) is 29.3 Å². The highest BCUT2D eigenvalue weighted by atomic mass is 15.1. The third-order valence-corrected chi connectivity index (χ3v) is 3.13. The van der Waals surface area contributed by atoms with Crippen molar-refractivity contribution >= 4 is 11.5 Å². The Labute approximate surface area is 96.0 Å². The SMILES string of the molecule is c1ccc(C2=NCCN2)c(NCC2CC2)c1. The summed E-state index contributed by atoms with van der Waals surface area (Å²) in [7, 11) is 0. The van der Waals surface area contributed by atoms with Crippen molar-refractivity contribution in [2.75, 3.05) is 25.0 Å². The molecule has 3 nitrogen and oxygen atoms in total. The second-order valence-electron chi connectivity index (χ2n) is 4.53. The van der Waals surface area contributed by atoms with Crippen molar-refractivity contribution in [3.05, 3.63) is 29.8 Å². The van der Waals surface area contributed by atoms with E-state index in [0.29, 0.717) is 0 Å². The average molecular weight is 215 g/mol. The van der Waals surface area contributed by atoms with Gasteiger partial charge < -0.3 is 10.6 Å². The number of hydrogen-bond acceptors (Lipinski definition) is 3. The van der Waals surface area contributed by atoms with Gasteiger partial charge in [-0.3, -0.25) is 4.99 Å². The van der Waals surface area contributed by atoms with Crippen LogP contribution in [0.5, 0.6) is 0 Å². The summed E-state index contributed by atoms with van der Waals surface area (Å²) in [5.74, 6) is 1.94. The molecule has 1 saturated carbocycles. The van der Waals surface area contributed by atoms with Crippen LogP contribution in [-0.2, 0) is 0 Å². The van der Waals surface area contributed by atoms with Crippen molar-refractivity contribution in [3.8, 4) is 0 Å². The molecular formula is C13H17N3. The molecule has 3 heteroatoms. The van der Waals surface area contributed by atoms with E-state index < -0.39 is 0 Å². The van der Waals surface area contributed by atoms with E-state index in [1.165, 1.54) is 24.1 Å². The Hall–Kier alpha value is -1.51. The fourth-order valence-corrected chi connectivity index (χ4v) is 2.00. The number of rotatable bonds is 4. The van der Waals surface area contributed by atoms with Gasteiger partial charge in [-0.2, -0.15) is 0 Å². The summed E-state index contributed by atoms with van der Waals surface area (Å²) in [5, 5.41) is 6.86. The van der Waals surface area contributed by atoms with Crippen LogP contribution >= 0.6 is 0 Å². The number of nitrogens with one attached hydrogen (secondary N) is 2. The smallest absolute Gasteiger partial charge is 0.130 e. The monoisotopic (exact) mass is 215 g/mol. The molecule has 1 aromatic rings. The van der Waals surface area contributed by atoms with Crippen LogP contribution in [-0.4, -0.2) is 25.5 Å². The molecular weight excluding hydrogens is 198 g/mol. The second-order valence-corrected chi connectivity index (χ2v) is 4.53. The van der Waals surface area contributed by atoms with Crippen LogP contribution in [0.3, 0.4) is 0 Å². The Morgan fingerprint density at radius 3 is 2.94 bits per heavy atom. The summed E-state index contributed by atoms with van der Waals surface area (Å²) < 4.78 is 0. The number of amidine groups is 1. The molecule has 0 bridgehead atoms. The number of hydrogen-bond donors (Lipinski definition) is 2. The van der Waals surface area contributed by atoms with Crippen LogP contribution in [0.2, 0.25) is 0 Å². The van der Waals surface area contributed by atoms with Gasteiger partial charge in [-0.1, -0.05) is 12.1 Å². The molecule has 0 atom stereocenters. The van der Waals surface area contributed by atoms with Crippen LogP contribution in [0, 0.1) is 5.92 Å². The van der Waals surface area contributed by atoms with E-state index >= 15 is 0 Å². The van der Waals surface area contributed by atoms with Crippen molar-refractivity contribution in [2.45, 2.75) is 12.8 Å². The zero-order chi connectivity index (χ0) is 10.8. The molecule has 1 aliphatic carbocycles. The first-order valence-electron chi connectivity index (χ1n) is 6.05. The lowest BCUT2D eigenvalue weighted by Crippen LogP contribution is -2.21. The van der Waals surface area contributed by atoms with Crippen molar-refractivity contribution in [3.63, 3.8) is 0 Å². The maximum atomic E-state index is 4.47. The number of aliphatic imine (C=N–C) groups is 1. The summed E-state index contributed by atoms with van der Waals surface area (Å²) in [4.78, 5) is 4.47. The predicted octanol–water partition coefficient (Wildman–Crippen LogP) is 1.86. The second kappa shape index (κ2) is 4.16. The van der Waals surface area contributed by atoms with Crippen molar-refractivity contribution in [2.24, 2.45) is 10.9 Å². The molecule has 16 heavy (non-hydrogen) atoms. The molecule has 1 fully saturated rings. The first kappa shape index (κ1) is 9.70. The molecule has 0 amide bonds. The van der Waals surface area contributed by atoms with E-state index in [4.69, 9.17) is 0 Å². The first-order valence-corrected chi connectivity index (χ1v) is 6.05. The number of para-hydroxylation sites is 1. The largest absolute Gasteiger partial charge is 0.384 e. The third kappa shape index (κ3) is 2.03. The van der Waals surface area contributed by atoms with E-state index in [-0.39, 0.29) is 0 Å². The quantitative estimate of drug-likeness (QED) is 0.804. The molecule has 0 spiro atoms. The molecule has 0 aromatic heterocycles. The highest BCUT2D eigenvalue weighted by molar-refractivity contribution is 6.04. The molecule has 1 aliphatic heterocycles. The summed E-state index contributed by atoms with van der Waals surface area (Å²) >= 11 is 0. The van der Waals surface area contributed by atoms with Gasteiger partial charge in [0.05, 0.1) is 6.54 Å². The third-order valence-electron chi connectivity index (χ3n) is 3.13. The van der Waals surface area contributed by atoms with Crippen molar-refractivity contribution < 1.29 is 0 Å². The molecule has 0 radical (unpaired) electrons. The molecule has 84 valence electrons. The molecule has 0 saturated heterocycles. The van der Waals surface area contributed by atoms with Gasteiger partial charge in [0.1, 0.15) is 5.84 Å². The Morgan fingerprint density at radius 2 is 2.19 bits per heavy atom. The number of benzene rings is 1. The fourth-order valence-electron chi connectivity index (χ4n) is 2.00. The predicted molar refractivity (Wildman–Crippen MR) is 67.1 cm³/mol. The average Bonchev–Trinajstić information content (AvgIpc) is 3.00. The van der Waals surface area contributed by atoms with E-state index in [1.54, 1.807) is 0 Å². The molecule has 3 rings (SSSR count). The van der Waals surface area contributed by atoms with E-state index in [2.05, 4.69) is 39.9 Å². The molecule has 0 unspecified atom stereocenters.